The lowest BCUT2D eigenvalue weighted by atomic mass is 10.1. The number of imide groups is 1. The predicted molar refractivity (Wildman–Crippen MR) is 103 cm³/mol. The molecular weight excluding hydrogens is 390 g/mol. The number of rotatable bonds is 7. The average Bonchev–Trinajstić information content (AvgIpc) is 2.90. The van der Waals surface area contributed by atoms with Gasteiger partial charge in [-0.15, -0.1) is 0 Å². The molecule has 27 heavy (non-hydrogen) atoms. The van der Waals surface area contributed by atoms with Crippen LogP contribution in [0.25, 0.3) is 0 Å². The van der Waals surface area contributed by atoms with Gasteiger partial charge in [0.1, 0.15) is 12.4 Å². The van der Waals surface area contributed by atoms with Gasteiger partial charge in [-0.2, -0.15) is 4.91 Å². The minimum Gasteiger partial charge on any atom is -0.491 e. The molecule has 0 aromatic heterocycles. The van der Waals surface area contributed by atoms with Crippen molar-refractivity contribution in [2.24, 2.45) is 11.0 Å². The van der Waals surface area contributed by atoms with Crippen LogP contribution in [-0.2, 0) is 11.2 Å². The number of hydrogen-bond acceptors (Lipinski definition) is 7. The first-order valence-electron chi connectivity index (χ1n) is 8.07. The molecular formula is C18H16ClN3O4S. The van der Waals surface area contributed by atoms with Crippen LogP contribution in [0.15, 0.2) is 53.7 Å². The number of amides is 2. The van der Waals surface area contributed by atoms with Crippen molar-refractivity contribution in [2.45, 2.75) is 17.7 Å². The third-order valence-corrected chi connectivity index (χ3v) is 5.35. The molecule has 2 unspecified atom stereocenters. The molecule has 2 atom stereocenters. The van der Waals surface area contributed by atoms with Gasteiger partial charge in [0.05, 0.1) is 5.25 Å². The molecule has 2 amide bonds. The second-order valence-corrected chi connectivity index (χ2v) is 7.51. The van der Waals surface area contributed by atoms with Crippen molar-refractivity contribution in [3.63, 3.8) is 0 Å². The smallest absolute Gasteiger partial charge is 0.303 e. The molecule has 2 aromatic carbocycles. The topological polar surface area (TPSA) is 102 Å². The SMILES string of the molecule is NN1C(=O)SC(Cc2ccc(OCC(N=O)c3cccc(Cl)c3)cc2)C1=O. The van der Waals surface area contributed by atoms with Gasteiger partial charge in [-0.3, -0.25) is 9.59 Å². The van der Waals surface area contributed by atoms with Crippen molar-refractivity contribution < 1.29 is 14.3 Å². The summed E-state index contributed by atoms with van der Waals surface area (Å²) in [4.78, 5) is 34.4. The summed E-state index contributed by atoms with van der Waals surface area (Å²) in [6.07, 6.45) is 0.393. The van der Waals surface area contributed by atoms with E-state index in [1.807, 2.05) is 0 Å². The molecule has 7 nitrogen and oxygen atoms in total. The molecule has 1 fully saturated rings. The van der Waals surface area contributed by atoms with Crippen LogP contribution in [0.3, 0.4) is 0 Å². The summed E-state index contributed by atoms with van der Waals surface area (Å²) in [6, 6.07) is 13.3. The number of carbonyl (C=O) groups excluding carboxylic acids is 2. The first-order chi connectivity index (χ1) is 13.0. The number of ether oxygens (including phenoxy) is 1. The van der Waals surface area contributed by atoms with Gasteiger partial charge in [-0.05, 0) is 53.6 Å². The fraction of sp³-hybridized carbons (Fsp3) is 0.222. The molecule has 2 aromatic rings. The van der Waals surface area contributed by atoms with E-state index in [0.717, 1.165) is 17.3 Å². The van der Waals surface area contributed by atoms with Gasteiger partial charge in [0.15, 0.2) is 6.04 Å². The number of benzene rings is 2. The summed E-state index contributed by atoms with van der Waals surface area (Å²) in [5, 5.41) is 3.32. The Labute approximate surface area is 164 Å². The Hall–Kier alpha value is -2.42. The molecule has 1 aliphatic heterocycles. The van der Waals surface area contributed by atoms with Crippen LogP contribution in [-0.4, -0.2) is 28.0 Å². The summed E-state index contributed by atoms with van der Waals surface area (Å²) in [5.74, 6) is 5.55. The fourth-order valence-electron chi connectivity index (χ4n) is 2.62. The molecule has 9 heteroatoms. The Morgan fingerprint density at radius 2 is 1.96 bits per heavy atom. The largest absolute Gasteiger partial charge is 0.491 e. The minimum absolute atomic E-state index is 0.0801. The van der Waals surface area contributed by atoms with E-state index < -0.39 is 22.4 Å². The zero-order valence-electron chi connectivity index (χ0n) is 14.1. The summed E-state index contributed by atoms with van der Waals surface area (Å²) < 4.78 is 5.64. The van der Waals surface area contributed by atoms with E-state index in [2.05, 4.69) is 5.18 Å². The highest BCUT2D eigenvalue weighted by molar-refractivity contribution is 8.15. The first-order valence-corrected chi connectivity index (χ1v) is 9.32. The van der Waals surface area contributed by atoms with Crippen LogP contribution in [0, 0.1) is 4.91 Å². The summed E-state index contributed by atoms with van der Waals surface area (Å²) in [5.41, 5.74) is 1.55. The number of nitroso groups, excluding NO2 is 1. The van der Waals surface area contributed by atoms with E-state index in [4.69, 9.17) is 22.2 Å². The highest BCUT2D eigenvalue weighted by atomic mass is 35.5. The van der Waals surface area contributed by atoms with E-state index in [-0.39, 0.29) is 6.61 Å². The van der Waals surface area contributed by atoms with Gasteiger partial charge >= 0.3 is 5.24 Å². The Bertz CT molecular complexity index is 862. The number of thioether (sulfide) groups is 1. The molecule has 1 aliphatic rings. The monoisotopic (exact) mass is 405 g/mol. The van der Waals surface area contributed by atoms with Crippen LogP contribution in [0.4, 0.5) is 4.79 Å². The van der Waals surface area contributed by atoms with Gasteiger partial charge in [0, 0.05) is 5.02 Å². The molecule has 0 radical (unpaired) electrons. The van der Waals surface area contributed by atoms with E-state index in [1.54, 1.807) is 48.5 Å². The minimum atomic E-state index is -0.669. The molecule has 0 bridgehead atoms. The molecule has 140 valence electrons. The van der Waals surface area contributed by atoms with Crippen molar-refractivity contribution in [1.82, 2.24) is 5.01 Å². The maximum Gasteiger partial charge on any atom is 0.303 e. The standard InChI is InChI=1S/C18H16ClN3O4S/c19-13-3-1-2-12(9-13)15(21-25)10-26-14-6-4-11(5-7-14)8-16-17(23)22(20)18(24)27-16/h1-7,9,15-16H,8,10,20H2. The summed E-state index contributed by atoms with van der Waals surface area (Å²) >= 11 is 6.86. The van der Waals surface area contributed by atoms with Crippen molar-refractivity contribution in [1.29, 1.82) is 0 Å². The van der Waals surface area contributed by atoms with E-state index in [9.17, 15) is 14.5 Å². The van der Waals surface area contributed by atoms with Crippen LogP contribution < -0.4 is 10.6 Å². The highest BCUT2D eigenvalue weighted by Crippen LogP contribution is 2.28. The molecule has 0 spiro atoms. The number of carbonyl (C=O) groups is 2. The molecule has 1 heterocycles. The maximum atomic E-state index is 11.8. The summed E-state index contributed by atoms with van der Waals surface area (Å²) in [6.45, 7) is 0.0801. The van der Waals surface area contributed by atoms with Crippen LogP contribution >= 0.6 is 23.4 Å². The molecule has 0 saturated carbocycles. The average molecular weight is 406 g/mol. The van der Waals surface area contributed by atoms with Gasteiger partial charge in [0.2, 0.25) is 0 Å². The molecule has 0 aliphatic carbocycles. The molecule has 2 N–H and O–H groups in total. The maximum absolute atomic E-state index is 11.8. The van der Waals surface area contributed by atoms with Gasteiger partial charge in [-0.1, -0.05) is 41.0 Å². The van der Waals surface area contributed by atoms with Gasteiger partial charge in [-0.25, -0.2) is 10.9 Å². The Morgan fingerprint density at radius 1 is 1.22 bits per heavy atom. The zero-order chi connectivity index (χ0) is 19.4. The van der Waals surface area contributed by atoms with Gasteiger partial charge < -0.3 is 4.74 Å². The van der Waals surface area contributed by atoms with Crippen molar-refractivity contribution in [3.8, 4) is 5.75 Å². The van der Waals surface area contributed by atoms with E-state index in [1.165, 1.54) is 0 Å². The van der Waals surface area contributed by atoms with Crippen molar-refractivity contribution in [2.75, 3.05) is 6.61 Å². The molecule has 1 saturated heterocycles. The molecule has 3 rings (SSSR count). The zero-order valence-corrected chi connectivity index (χ0v) is 15.7. The second-order valence-electron chi connectivity index (χ2n) is 5.92. The normalized spacial score (nSPS) is 17.9. The second kappa shape index (κ2) is 8.51. The predicted octanol–water partition coefficient (Wildman–Crippen LogP) is 3.71. The number of hydrogen-bond donors (Lipinski definition) is 1. The van der Waals surface area contributed by atoms with Crippen LogP contribution in [0.5, 0.6) is 5.75 Å². The van der Waals surface area contributed by atoms with E-state index >= 15 is 0 Å². The van der Waals surface area contributed by atoms with Crippen molar-refractivity contribution in [3.05, 3.63) is 69.6 Å². The quantitative estimate of drug-likeness (QED) is 0.428. The lowest BCUT2D eigenvalue weighted by Gasteiger charge is -2.12. The number of halogens is 1. The number of nitrogens with zero attached hydrogens (tertiary/aromatic N) is 2. The lowest BCUT2D eigenvalue weighted by molar-refractivity contribution is -0.126. The third-order valence-electron chi connectivity index (χ3n) is 4.07. The number of hydrazine groups is 1. The summed E-state index contributed by atoms with van der Waals surface area (Å²) in [7, 11) is 0. The Morgan fingerprint density at radius 3 is 2.56 bits per heavy atom. The number of nitrogens with two attached hydrogens (primary N) is 1. The third kappa shape index (κ3) is 4.65. The first kappa shape index (κ1) is 19.3. The van der Waals surface area contributed by atoms with Crippen molar-refractivity contribution >= 4 is 34.5 Å². The Balaban J connectivity index is 1.58. The van der Waals surface area contributed by atoms with Gasteiger partial charge in [0.25, 0.3) is 5.91 Å². The van der Waals surface area contributed by atoms with Crippen LogP contribution in [0.2, 0.25) is 5.02 Å². The van der Waals surface area contributed by atoms with E-state index in [0.29, 0.717) is 27.8 Å². The van der Waals surface area contributed by atoms with Crippen LogP contribution in [0.1, 0.15) is 17.2 Å². The fourth-order valence-corrected chi connectivity index (χ4v) is 3.75. The highest BCUT2D eigenvalue weighted by Gasteiger charge is 2.37. The lowest BCUT2D eigenvalue weighted by Crippen LogP contribution is -2.37. The Kier molecular flexibility index (Phi) is 6.10.